The number of rotatable bonds is 7. The quantitative estimate of drug-likeness (QED) is 0.208. The van der Waals surface area contributed by atoms with Crippen LogP contribution in [0.4, 0.5) is 0 Å². The van der Waals surface area contributed by atoms with Gasteiger partial charge in [0.05, 0.1) is 30.5 Å². The van der Waals surface area contributed by atoms with Gasteiger partial charge in [-0.2, -0.15) is 0 Å². The van der Waals surface area contributed by atoms with Crippen molar-refractivity contribution in [3.05, 3.63) is 23.3 Å². The number of allylic oxidation sites excluding steroid dienone is 2. The Morgan fingerprint density at radius 3 is 2.27 bits per heavy atom. The van der Waals surface area contributed by atoms with Crippen molar-refractivity contribution in [2.45, 2.75) is 155 Å². The van der Waals surface area contributed by atoms with Crippen molar-refractivity contribution < 1.29 is 45.2 Å². The molecule has 0 radical (unpaired) electrons. The van der Waals surface area contributed by atoms with E-state index in [4.69, 9.17) is 9.47 Å². The highest BCUT2D eigenvalue weighted by molar-refractivity contribution is 5.36. The van der Waals surface area contributed by atoms with Crippen molar-refractivity contribution in [3.63, 3.8) is 0 Å². The van der Waals surface area contributed by atoms with Gasteiger partial charge in [-0.1, -0.05) is 57.9 Å². The van der Waals surface area contributed by atoms with Crippen LogP contribution in [0, 0.1) is 39.4 Å². The highest BCUT2D eigenvalue weighted by Crippen LogP contribution is 2.74. The second kappa shape index (κ2) is 11.9. The van der Waals surface area contributed by atoms with E-state index in [1.807, 2.05) is 26.8 Å². The molecule has 0 aromatic rings. The van der Waals surface area contributed by atoms with Crippen LogP contribution in [-0.4, -0.2) is 97.0 Å². The van der Waals surface area contributed by atoms with Gasteiger partial charge in [-0.3, -0.25) is 0 Å². The fourth-order valence-electron chi connectivity index (χ4n) is 11.1. The smallest absolute Gasteiger partial charge is 0.187 e. The zero-order valence-electron chi connectivity index (χ0n) is 28.6. The van der Waals surface area contributed by atoms with Crippen molar-refractivity contribution in [1.82, 2.24) is 0 Å². The van der Waals surface area contributed by atoms with E-state index in [9.17, 15) is 35.7 Å². The maximum absolute atomic E-state index is 12.2. The molecule has 1 aliphatic heterocycles. The first-order chi connectivity index (χ1) is 20.8. The third kappa shape index (κ3) is 5.23. The molecule has 0 spiro atoms. The Bertz CT molecular complexity index is 1160. The van der Waals surface area contributed by atoms with E-state index in [2.05, 4.69) is 40.7 Å². The molecule has 7 N–H and O–H groups in total. The van der Waals surface area contributed by atoms with E-state index in [-0.39, 0.29) is 23.2 Å². The van der Waals surface area contributed by atoms with E-state index in [1.54, 1.807) is 0 Å². The molecule has 4 fully saturated rings. The molecule has 4 aliphatic carbocycles. The molecule has 45 heavy (non-hydrogen) atoms. The summed E-state index contributed by atoms with van der Waals surface area (Å²) < 4.78 is 12.5. The standard InChI is InChI=1S/C36H60O9/c1-19(2)10-9-13-35(7,45-31-30(43)29(42)28(41)22(18-37)44-31)20-11-15-34(6)27(20)21(38)16-24-33(5)14-12-25(39)32(3,4)23(33)17-26(40)36(24,34)8/h10,17,20-22,24-31,37-43H,9,11-16,18H2,1-8H3/t20-,21+,22+,24?,25-,26-,27-,28+,29-,30+,31-,33-,34+,35-,36-/m0/s1. The van der Waals surface area contributed by atoms with Crippen LogP contribution in [0.15, 0.2) is 23.3 Å². The predicted molar refractivity (Wildman–Crippen MR) is 170 cm³/mol. The lowest BCUT2D eigenvalue weighted by atomic mass is 9.37. The number of ether oxygens (including phenoxy) is 2. The number of hydrogen-bond donors (Lipinski definition) is 7. The summed E-state index contributed by atoms with van der Waals surface area (Å²) in [6.45, 7) is 16.4. The molecular formula is C36H60O9. The molecule has 1 heterocycles. The van der Waals surface area contributed by atoms with Crippen molar-refractivity contribution in [3.8, 4) is 0 Å². The minimum absolute atomic E-state index is 0.00470. The van der Waals surface area contributed by atoms with E-state index >= 15 is 0 Å². The highest BCUT2D eigenvalue weighted by Gasteiger charge is 2.72. The molecule has 0 aromatic carbocycles. The molecule has 9 nitrogen and oxygen atoms in total. The Morgan fingerprint density at radius 2 is 1.64 bits per heavy atom. The van der Waals surface area contributed by atoms with Crippen molar-refractivity contribution in [2.75, 3.05) is 6.61 Å². The molecule has 258 valence electrons. The predicted octanol–water partition coefficient (Wildman–Crippen LogP) is 3.22. The van der Waals surface area contributed by atoms with E-state index < -0.39 is 77.5 Å². The Labute approximate surface area is 269 Å². The summed E-state index contributed by atoms with van der Waals surface area (Å²) in [5.74, 6) is -0.385. The van der Waals surface area contributed by atoms with Gasteiger partial charge in [-0.15, -0.1) is 0 Å². The Balaban J connectivity index is 1.54. The summed E-state index contributed by atoms with van der Waals surface area (Å²) >= 11 is 0. The van der Waals surface area contributed by atoms with Crippen LogP contribution in [0.2, 0.25) is 0 Å². The van der Waals surface area contributed by atoms with Crippen LogP contribution in [0.25, 0.3) is 0 Å². The maximum atomic E-state index is 12.2. The Hall–Kier alpha value is -0.880. The number of aliphatic hydroxyl groups is 7. The van der Waals surface area contributed by atoms with Gasteiger partial charge >= 0.3 is 0 Å². The monoisotopic (exact) mass is 636 g/mol. The second-order valence-corrected chi connectivity index (χ2v) is 16.9. The van der Waals surface area contributed by atoms with Gasteiger partial charge in [0.15, 0.2) is 6.29 Å². The molecule has 1 saturated heterocycles. The Kier molecular flexibility index (Phi) is 9.38. The van der Waals surface area contributed by atoms with Crippen LogP contribution in [0.1, 0.15) is 100 Å². The zero-order valence-corrected chi connectivity index (χ0v) is 28.6. The van der Waals surface area contributed by atoms with Crippen LogP contribution in [-0.2, 0) is 9.47 Å². The van der Waals surface area contributed by atoms with Gasteiger partial charge < -0.3 is 45.2 Å². The van der Waals surface area contributed by atoms with E-state index in [1.165, 1.54) is 0 Å². The van der Waals surface area contributed by atoms with Gasteiger partial charge in [0.25, 0.3) is 0 Å². The zero-order chi connectivity index (χ0) is 33.5. The summed E-state index contributed by atoms with van der Waals surface area (Å²) in [7, 11) is 0. The van der Waals surface area contributed by atoms with Crippen molar-refractivity contribution in [2.24, 2.45) is 39.4 Å². The van der Waals surface area contributed by atoms with Crippen LogP contribution in [0.3, 0.4) is 0 Å². The largest absolute Gasteiger partial charge is 0.394 e. The molecule has 1 unspecified atom stereocenters. The number of fused-ring (bicyclic) bond motifs is 5. The topological polar surface area (TPSA) is 160 Å². The molecule has 9 heteroatoms. The van der Waals surface area contributed by atoms with Gasteiger partial charge in [-0.25, -0.2) is 0 Å². The average Bonchev–Trinajstić information content (AvgIpc) is 3.35. The normalized spacial score (nSPS) is 50.5. The van der Waals surface area contributed by atoms with Crippen molar-refractivity contribution in [1.29, 1.82) is 0 Å². The van der Waals surface area contributed by atoms with Gasteiger partial charge in [0, 0.05) is 10.8 Å². The molecular weight excluding hydrogens is 576 g/mol. The van der Waals surface area contributed by atoms with Crippen molar-refractivity contribution >= 4 is 0 Å². The first-order valence-corrected chi connectivity index (χ1v) is 17.2. The fourth-order valence-corrected chi connectivity index (χ4v) is 11.1. The summed E-state index contributed by atoms with van der Waals surface area (Å²) in [6, 6.07) is 0. The molecule has 3 saturated carbocycles. The van der Waals surface area contributed by atoms with Crippen LogP contribution in [0.5, 0.6) is 0 Å². The fraction of sp³-hybridized carbons (Fsp3) is 0.889. The Morgan fingerprint density at radius 1 is 0.978 bits per heavy atom. The summed E-state index contributed by atoms with van der Waals surface area (Å²) in [5, 5.41) is 77.0. The lowest BCUT2D eigenvalue weighted by Crippen LogP contribution is -2.68. The number of aliphatic hydroxyl groups excluding tert-OH is 7. The number of hydrogen-bond acceptors (Lipinski definition) is 9. The summed E-state index contributed by atoms with van der Waals surface area (Å²) in [5.41, 5.74) is -0.398. The lowest BCUT2D eigenvalue weighted by molar-refractivity contribution is -0.336. The summed E-state index contributed by atoms with van der Waals surface area (Å²) in [4.78, 5) is 0. The molecule has 0 aromatic heterocycles. The van der Waals surface area contributed by atoms with Gasteiger partial charge in [0.2, 0.25) is 0 Å². The highest BCUT2D eigenvalue weighted by atomic mass is 16.7. The van der Waals surface area contributed by atoms with Gasteiger partial charge in [0.1, 0.15) is 24.4 Å². The minimum atomic E-state index is -1.55. The third-order valence-corrected chi connectivity index (χ3v) is 14.0. The first kappa shape index (κ1) is 35.4. The van der Waals surface area contributed by atoms with Crippen LogP contribution < -0.4 is 0 Å². The minimum Gasteiger partial charge on any atom is -0.394 e. The molecule has 0 amide bonds. The average molecular weight is 637 g/mol. The van der Waals surface area contributed by atoms with E-state index in [0.29, 0.717) is 25.7 Å². The second-order valence-electron chi connectivity index (χ2n) is 16.9. The summed E-state index contributed by atoms with van der Waals surface area (Å²) in [6.07, 6.45) is 0.100. The van der Waals surface area contributed by atoms with E-state index in [0.717, 1.165) is 30.4 Å². The molecule has 5 rings (SSSR count). The third-order valence-electron chi connectivity index (χ3n) is 14.0. The first-order valence-electron chi connectivity index (χ1n) is 17.2. The van der Waals surface area contributed by atoms with Crippen LogP contribution >= 0.6 is 0 Å². The SMILES string of the molecule is CC(C)=CCC[C@](C)(O[C@@H]1O[C@H](CO)[C@@H](O)[C@H](O)[C@H]1O)[C@H]1CC[C@]2(C)[C@@H]1[C@H](O)CC1[C@@]3(C)CC[C@H](O)C(C)(C)C3=C[C@H](O)[C@]12C. The van der Waals surface area contributed by atoms with Gasteiger partial charge in [-0.05, 0) is 94.3 Å². The molecule has 5 aliphatic rings. The maximum Gasteiger partial charge on any atom is 0.187 e. The lowest BCUT2D eigenvalue weighted by Gasteiger charge is -2.69. The molecule has 15 atom stereocenters. The molecule has 0 bridgehead atoms.